The van der Waals surface area contributed by atoms with Gasteiger partial charge in [-0.2, -0.15) is 4.31 Å². The standard InChI is InChI=1S/C18H23N5O3S/c24-18(19-13-17-21-20-16-10-4-5-11-22(16)17)15-9-6-12-23(15)27(25,26)14-7-2-1-3-8-14/h1-3,7-8,15H,4-6,9-13H2,(H,19,24). The average Bonchev–Trinajstić information content (AvgIpc) is 3.34. The molecule has 0 spiro atoms. The second-order valence-electron chi connectivity index (χ2n) is 6.95. The van der Waals surface area contributed by atoms with Crippen LogP contribution in [-0.4, -0.2) is 46.0 Å². The molecule has 1 aromatic carbocycles. The molecular weight excluding hydrogens is 366 g/mol. The number of amides is 1. The van der Waals surface area contributed by atoms with E-state index in [0.717, 1.165) is 37.5 Å². The molecule has 9 heteroatoms. The summed E-state index contributed by atoms with van der Waals surface area (Å²) in [5.41, 5.74) is 0. The molecule has 2 aromatic rings. The van der Waals surface area contributed by atoms with E-state index in [0.29, 0.717) is 19.4 Å². The number of hydrogen-bond acceptors (Lipinski definition) is 5. The highest BCUT2D eigenvalue weighted by Gasteiger charge is 2.39. The molecule has 2 aliphatic rings. The summed E-state index contributed by atoms with van der Waals surface area (Å²) in [6.07, 6.45) is 4.30. The maximum atomic E-state index is 12.9. The third-order valence-electron chi connectivity index (χ3n) is 5.21. The van der Waals surface area contributed by atoms with Crippen LogP contribution in [0.1, 0.15) is 37.3 Å². The summed E-state index contributed by atoms with van der Waals surface area (Å²) in [5.74, 6) is 1.41. The van der Waals surface area contributed by atoms with E-state index in [9.17, 15) is 13.2 Å². The summed E-state index contributed by atoms with van der Waals surface area (Å²) in [6, 6.07) is 7.58. The van der Waals surface area contributed by atoms with Crippen molar-refractivity contribution >= 4 is 15.9 Å². The molecule has 0 bridgehead atoms. The first-order valence-corrected chi connectivity index (χ1v) is 10.8. The maximum absolute atomic E-state index is 12.9. The predicted molar refractivity (Wildman–Crippen MR) is 98.2 cm³/mol. The van der Waals surface area contributed by atoms with E-state index in [-0.39, 0.29) is 17.3 Å². The highest BCUT2D eigenvalue weighted by molar-refractivity contribution is 7.89. The first kappa shape index (κ1) is 18.1. The molecule has 144 valence electrons. The molecule has 1 unspecified atom stereocenters. The summed E-state index contributed by atoms with van der Waals surface area (Å²) < 4.78 is 29.2. The first-order chi connectivity index (χ1) is 13.1. The molecule has 0 aliphatic carbocycles. The van der Waals surface area contributed by atoms with E-state index in [2.05, 4.69) is 20.1 Å². The molecule has 1 saturated heterocycles. The van der Waals surface area contributed by atoms with Crippen LogP contribution in [0.3, 0.4) is 0 Å². The van der Waals surface area contributed by atoms with Crippen LogP contribution in [0.4, 0.5) is 0 Å². The fourth-order valence-electron chi connectivity index (χ4n) is 3.80. The first-order valence-electron chi connectivity index (χ1n) is 9.33. The van der Waals surface area contributed by atoms with Gasteiger partial charge < -0.3 is 9.88 Å². The Labute approximate surface area is 158 Å². The Morgan fingerprint density at radius 3 is 2.74 bits per heavy atom. The van der Waals surface area contributed by atoms with E-state index in [1.807, 2.05) is 0 Å². The van der Waals surface area contributed by atoms with Gasteiger partial charge in [-0.25, -0.2) is 8.42 Å². The van der Waals surface area contributed by atoms with Crippen molar-refractivity contribution in [3.63, 3.8) is 0 Å². The van der Waals surface area contributed by atoms with Gasteiger partial charge in [0.15, 0.2) is 5.82 Å². The molecular formula is C18H23N5O3S. The molecule has 1 fully saturated rings. The van der Waals surface area contributed by atoms with Gasteiger partial charge in [-0.1, -0.05) is 18.2 Å². The second-order valence-corrected chi connectivity index (χ2v) is 8.84. The normalized spacial score (nSPS) is 20.4. The van der Waals surface area contributed by atoms with Gasteiger partial charge in [0, 0.05) is 19.5 Å². The van der Waals surface area contributed by atoms with Crippen molar-refractivity contribution in [3.05, 3.63) is 42.0 Å². The van der Waals surface area contributed by atoms with Gasteiger partial charge in [-0.3, -0.25) is 4.79 Å². The summed E-state index contributed by atoms with van der Waals surface area (Å²) >= 11 is 0. The Morgan fingerprint density at radius 1 is 1.11 bits per heavy atom. The van der Waals surface area contributed by atoms with Gasteiger partial charge in [0.25, 0.3) is 0 Å². The van der Waals surface area contributed by atoms with Crippen LogP contribution >= 0.6 is 0 Å². The minimum atomic E-state index is -3.68. The number of sulfonamides is 1. The number of benzene rings is 1. The lowest BCUT2D eigenvalue weighted by Crippen LogP contribution is -2.45. The molecule has 3 heterocycles. The summed E-state index contributed by atoms with van der Waals surface area (Å²) in [4.78, 5) is 12.9. The Bertz CT molecular complexity index is 926. The topological polar surface area (TPSA) is 97.2 Å². The van der Waals surface area contributed by atoms with E-state index in [1.54, 1.807) is 30.3 Å². The largest absolute Gasteiger partial charge is 0.347 e. The quantitative estimate of drug-likeness (QED) is 0.825. The lowest BCUT2D eigenvalue weighted by Gasteiger charge is -2.23. The van der Waals surface area contributed by atoms with Crippen molar-refractivity contribution in [2.75, 3.05) is 6.54 Å². The van der Waals surface area contributed by atoms with Crippen molar-refractivity contribution in [3.8, 4) is 0 Å². The predicted octanol–water partition coefficient (Wildman–Crippen LogP) is 1.08. The van der Waals surface area contributed by atoms with E-state index < -0.39 is 16.1 Å². The van der Waals surface area contributed by atoms with Gasteiger partial charge in [0.1, 0.15) is 11.9 Å². The number of fused-ring (bicyclic) bond motifs is 1. The number of aromatic nitrogens is 3. The van der Waals surface area contributed by atoms with Gasteiger partial charge >= 0.3 is 0 Å². The van der Waals surface area contributed by atoms with Crippen molar-refractivity contribution < 1.29 is 13.2 Å². The van der Waals surface area contributed by atoms with Gasteiger partial charge in [0.05, 0.1) is 11.4 Å². The van der Waals surface area contributed by atoms with E-state index in [1.165, 1.54) is 4.31 Å². The summed E-state index contributed by atoms with van der Waals surface area (Å²) in [6.45, 7) is 1.49. The van der Waals surface area contributed by atoms with Gasteiger partial charge in [0.2, 0.25) is 15.9 Å². The lowest BCUT2D eigenvalue weighted by molar-refractivity contribution is -0.124. The molecule has 1 N–H and O–H groups in total. The number of aryl methyl sites for hydroxylation is 1. The van der Waals surface area contributed by atoms with Crippen LogP contribution in [0.15, 0.2) is 35.2 Å². The molecule has 1 aromatic heterocycles. The average molecular weight is 389 g/mol. The third kappa shape index (κ3) is 3.49. The van der Waals surface area contributed by atoms with Crippen LogP contribution in [0, 0.1) is 0 Å². The molecule has 8 nitrogen and oxygen atoms in total. The Hall–Kier alpha value is -2.26. The van der Waals surface area contributed by atoms with Crippen LogP contribution in [0.5, 0.6) is 0 Å². The van der Waals surface area contributed by atoms with Crippen molar-refractivity contribution in [2.24, 2.45) is 0 Å². The van der Waals surface area contributed by atoms with Gasteiger partial charge in [-0.05, 0) is 37.8 Å². The SMILES string of the molecule is O=C(NCc1nnc2n1CCCC2)C1CCCN1S(=O)(=O)c1ccccc1. The van der Waals surface area contributed by atoms with E-state index >= 15 is 0 Å². The zero-order valence-electron chi connectivity index (χ0n) is 15.0. The summed E-state index contributed by atoms with van der Waals surface area (Å²) in [7, 11) is -3.68. The van der Waals surface area contributed by atoms with Crippen LogP contribution in [-0.2, 0) is 34.3 Å². The van der Waals surface area contributed by atoms with Crippen molar-refractivity contribution in [1.29, 1.82) is 0 Å². The maximum Gasteiger partial charge on any atom is 0.243 e. The number of nitrogens with one attached hydrogen (secondary N) is 1. The van der Waals surface area contributed by atoms with Crippen molar-refractivity contribution in [1.82, 2.24) is 24.4 Å². The van der Waals surface area contributed by atoms with E-state index in [4.69, 9.17) is 0 Å². The third-order valence-corrected chi connectivity index (χ3v) is 7.14. The molecule has 0 radical (unpaired) electrons. The zero-order valence-corrected chi connectivity index (χ0v) is 15.9. The highest BCUT2D eigenvalue weighted by atomic mass is 32.2. The molecule has 27 heavy (non-hydrogen) atoms. The Kier molecular flexibility index (Phi) is 4.96. The second kappa shape index (κ2) is 7.40. The van der Waals surface area contributed by atoms with Crippen LogP contribution in [0.2, 0.25) is 0 Å². The smallest absolute Gasteiger partial charge is 0.243 e. The number of hydrogen-bond donors (Lipinski definition) is 1. The van der Waals surface area contributed by atoms with Gasteiger partial charge in [-0.15, -0.1) is 10.2 Å². The lowest BCUT2D eigenvalue weighted by atomic mass is 10.1. The molecule has 4 rings (SSSR count). The highest BCUT2D eigenvalue weighted by Crippen LogP contribution is 2.26. The minimum absolute atomic E-state index is 0.219. The molecule has 1 atom stereocenters. The fourth-order valence-corrected chi connectivity index (χ4v) is 5.48. The summed E-state index contributed by atoms with van der Waals surface area (Å²) in [5, 5.41) is 11.2. The number of carbonyl (C=O) groups excluding carboxylic acids is 1. The fraction of sp³-hybridized carbons (Fsp3) is 0.500. The number of nitrogens with zero attached hydrogens (tertiary/aromatic N) is 4. The molecule has 2 aliphatic heterocycles. The Balaban J connectivity index is 1.46. The Morgan fingerprint density at radius 2 is 1.93 bits per heavy atom. The number of carbonyl (C=O) groups is 1. The van der Waals surface area contributed by atoms with Crippen LogP contribution < -0.4 is 5.32 Å². The van der Waals surface area contributed by atoms with Crippen molar-refractivity contribution in [2.45, 2.75) is 56.1 Å². The zero-order chi connectivity index (χ0) is 18.9. The minimum Gasteiger partial charge on any atom is -0.347 e. The molecule has 0 saturated carbocycles. The molecule has 1 amide bonds. The monoisotopic (exact) mass is 389 g/mol. The number of rotatable bonds is 5. The van der Waals surface area contributed by atoms with Crippen LogP contribution in [0.25, 0.3) is 0 Å².